The third-order valence-electron chi connectivity index (χ3n) is 3.28. The molecule has 0 radical (unpaired) electrons. The topological polar surface area (TPSA) is 38.0 Å². The van der Waals surface area contributed by atoms with Gasteiger partial charge in [-0.05, 0) is 43.0 Å². The molecule has 2 rings (SSSR count). The average molecular weight is 323 g/mol. The van der Waals surface area contributed by atoms with Crippen LogP contribution in [0.4, 0.5) is 0 Å². The lowest BCUT2D eigenvalue weighted by molar-refractivity contribution is 0.178. The summed E-state index contributed by atoms with van der Waals surface area (Å²) < 4.78 is 2.99. The lowest BCUT2D eigenvalue weighted by atomic mass is 9.99. The minimum Gasteiger partial charge on any atom is -0.388 e. The molecule has 1 heterocycles. The summed E-state index contributed by atoms with van der Waals surface area (Å²) in [6.45, 7) is 6.99. The van der Waals surface area contributed by atoms with Gasteiger partial charge in [0.05, 0.1) is 12.3 Å². The molecule has 4 heteroatoms. The van der Waals surface area contributed by atoms with Gasteiger partial charge in [-0.1, -0.05) is 28.1 Å². The lowest BCUT2D eigenvalue weighted by Crippen LogP contribution is -2.03. The van der Waals surface area contributed by atoms with Crippen molar-refractivity contribution in [3.05, 3.63) is 51.3 Å². The number of rotatable bonds is 4. The Kier molecular flexibility index (Phi) is 4.42. The molecule has 1 N–H and O–H groups in total. The van der Waals surface area contributed by atoms with Crippen LogP contribution in [0.2, 0.25) is 0 Å². The predicted molar refractivity (Wildman–Crippen MR) is 80.2 cm³/mol. The number of halogens is 1. The summed E-state index contributed by atoms with van der Waals surface area (Å²) in [6, 6.07) is 4.07. The summed E-state index contributed by atoms with van der Waals surface area (Å²) in [7, 11) is 0. The summed E-state index contributed by atoms with van der Waals surface area (Å²) in [5.74, 6) is 0. The van der Waals surface area contributed by atoms with Crippen LogP contribution in [-0.2, 0) is 13.0 Å². The highest BCUT2D eigenvalue weighted by Crippen LogP contribution is 2.27. The van der Waals surface area contributed by atoms with Gasteiger partial charge in [0, 0.05) is 23.6 Å². The monoisotopic (exact) mass is 322 g/mol. The Bertz CT molecular complexity index is 554. The van der Waals surface area contributed by atoms with E-state index in [4.69, 9.17) is 0 Å². The Morgan fingerprint density at radius 1 is 1.32 bits per heavy atom. The number of nitrogens with zero attached hydrogens (tertiary/aromatic N) is 2. The second-order valence-electron chi connectivity index (χ2n) is 4.89. The average Bonchev–Trinajstić information content (AvgIpc) is 2.83. The summed E-state index contributed by atoms with van der Waals surface area (Å²) in [6.07, 6.45) is 3.92. The van der Waals surface area contributed by atoms with Gasteiger partial charge in [-0.3, -0.25) is 4.68 Å². The van der Waals surface area contributed by atoms with Gasteiger partial charge in [-0.25, -0.2) is 0 Å². The van der Waals surface area contributed by atoms with Gasteiger partial charge in [-0.15, -0.1) is 0 Å². The third kappa shape index (κ3) is 3.25. The molecule has 1 aromatic heterocycles. The molecule has 102 valence electrons. The maximum absolute atomic E-state index is 10.3. The van der Waals surface area contributed by atoms with Crippen molar-refractivity contribution in [1.82, 2.24) is 9.78 Å². The molecule has 3 nitrogen and oxygen atoms in total. The van der Waals surface area contributed by atoms with Crippen molar-refractivity contribution < 1.29 is 5.11 Å². The van der Waals surface area contributed by atoms with Crippen LogP contribution in [0.25, 0.3) is 0 Å². The number of aliphatic hydroxyl groups is 1. The first-order chi connectivity index (χ1) is 9.01. The summed E-state index contributed by atoms with van der Waals surface area (Å²) in [4.78, 5) is 0. The van der Waals surface area contributed by atoms with E-state index in [-0.39, 0.29) is 0 Å². The van der Waals surface area contributed by atoms with Crippen LogP contribution in [-0.4, -0.2) is 14.9 Å². The molecular formula is C15H19BrN2O. The summed E-state index contributed by atoms with van der Waals surface area (Å²) in [5, 5.41) is 14.6. The highest BCUT2D eigenvalue weighted by atomic mass is 79.9. The largest absolute Gasteiger partial charge is 0.388 e. The van der Waals surface area contributed by atoms with Crippen molar-refractivity contribution in [1.29, 1.82) is 0 Å². The molecule has 0 fully saturated rings. The quantitative estimate of drug-likeness (QED) is 0.934. The minimum absolute atomic E-state index is 0.486. The van der Waals surface area contributed by atoms with Gasteiger partial charge in [0.2, 0.25) is 0 Å². The number of hydrogen-bond donors (Lipinski definition) is 1. The van der Waals surface area contributed by atoms with E-state index in [9.17, 15) is 5.11 Å². The van der Waals surface area contributed by atoms with Crippen LogP contribution in [0.3, 0.4) is 0 Å². The molecule has 0 spiro atoms. The Balaban J connectivity index is 2.17. The molecule has 1 unspecified atom stereocenters. The number of benzene rings is 1. The number of hydrogen-bond acceptors (Lipinski definition) is 2. The van der Waals surface area contributed by atoms with E-state index in [1.54, 1.807) is 0 Å². The van der Waals surface area contributed by atoms with Crippen LogP contribution >= 0.6 is 15.9 Å². The van der Waals surface area contributed by atoms with E-state index >= 15 is 0 Å². The van der Waals surface area contributed by atoms with Crippen molar-refractivity contribution in [3.8, 4) is 0 Å². The van der Waals surface area contributed by atoms with Gasteiger partial charge < -0.3 is 5.11 Å². The van der Waals surface area contributed by atoms with Crippen LogP contribution in [0.1, 0.15) is 35.3 Å². The van der Waals surface area contributed by atoms with Gasteiger partial charge in [0.15, 0.2) is 0 Å². The van der Waals surface area contributed by atoms with E-state index < -0.39 is 6.10 Å². The van der Waals surface area contributed by atoms with E-state index in [1.165, 1.54) is 0 Å². The zero-order valence-corrected chi connectivity index (χ0v) is 13.1. The maximum Gasteiger partial charge on any atom is 0.0831 e. The van der Waals surface area contributed by atoms with Gasteiger partial charge in [0.25, 0.3) is 0 Å². The molecule has 0 saturated carbocycles. The van der Waals surface area contributed by atoms with Crippen molar-refractivity contribution >= 4 is 15.9 Å². The molecular weight excluding hydrogens is 304 g/mol. The Morgan fingerprint density at radius 3 is 2.47 bits per heavy atom. The zero-order valence-electron chi connectivity index (χ0n) is 11.5. The van der Waals surface area contributed by atoms with Crippen molar-refractivity contribution in [2.75, 3.05) is 0 Å². The molecule has 0 bridgehead atoms. The number of aliphatic hydroxyl groups excluding tert-OH is 1. The maximum atomic E-state index is 10.3. The lowest BCUT2D eigenvalue weighted by Gasteiger charge is -2.13. The van der Waals surface area contributed by atoms with E-state index in [2.05, 4.69) is 28.0 Å². The third-order valence-corrected chi connectivity index (χ3v) is 4.53. The molecule has 0 aliphatic rings. The first kappa shape index (κ1) is 14.3. The fraction of sp³-hybridized carbons (Fsp3) is 0.400. The van der Waals surface area contributed by atoms with Crippen molar-refractivity contribution in [3.63, 3.8) is 0 Å². The molecule has 0 aliphatic carbocycles. The van der Waals surface area contributed by atoms with Gasteiger partial charge in [-0.2, -0.15) is 5.10 Å². The predicted octanol–water partition coefficient (Wildman–Crippen LogP) is 3.56. The molecule has 0 aliphatic heterocycles. The second kappa shape index (κ2) is 5.88. The molecule has 1 aromatic carbocycles. The van der Waals surface area contributed by atoms with E-state index in [1.807, 2.05) is 43.1 Å². The second-order valence-corrected chi connectivity index (χ2v) is 5.69. The Labute approximate surface area is 122 Å². The number of aromatic nitrogens is 2. The van der Waals surface area contributed by atoms with Crippen molar-refractivity contribution in [2.24, 2.45) is 0 Å². The molecule has 19 heavy (non-hydrogen) atoms. The molecule has 1 atom stereocenters. The smallest absolute Gasteiger partial charge is 0.0831 e. The fourth-order valence-corrected chi connectivity index (χ4v) is 2.43. The molecule has 0 amide bonds. The standard InChI is InChI=1S/C15H19BrN2O/c1-4-18-9-12(8-17-18)7-14(19)13-5-10(2)15(16)11(3)6-13/h5-6,8-9,14,19H,4,7H2,1-3H3. The SMILES string of the molecule is CCn1cc(CC(O)c2cc(C)c(Br)c(C)c2)cn1. The van der Waals surface area contributed by atoms with E-state index in [0.717, 1.165) is 33.3 Å². The first-order valence-corrected chi connectivity index (χ1v) is 7.26. The minimum atomic E-state index is -0.486. The van der Waals surface area contributed by atoms with Crippen LogP contribution in [0, 0.1) is 13.8 Å². The van der Waals surface area contributed by atoms with E-state index in [0.29, 0.717) is 6.42 Å². The molecule has 2 aromatic rings. The van der Waals surface area contributed by atoms with Gasteiger partial charge in [0.1, 0.15) is 0 Å². The highest BCUT2D eigenvalue weighted by molar-refractivity contribution is 9.10. The summed E-state index contributed by atoms with van der Waals surface area (Å²) in [5.41, 5.74) is 4.33. The number of aryl methyl sites for hydroxylation is 3. The fourth-order valence-electron chi connectivity index (χ4n) is 2.20. The Hall–Kier alpha value is -1.13. The van der Waals surface area contributed by atoms with Gasteiger partial charge >= 0.3 is 0 Å². The Morgan fingerprint density at radius 2 is 1.95 bits per heavy atom. The highest BCUT2D eigenvalue weighted by Gasteiger charge is 2.12. The van der Waals surface area contributed by atoms with Crippen molar-refractivity contribution in [2.45, 2.75) is 39.8 Å². The normalized spacial score (nSPS) is 12.7. The van der Waals surface area contributed by atoms with Crippen LogP contribution in [0.5, 0.6) is 0 Å². The van der Waals surface area contributed by atoms with Crippen LogP contribution < -0.4 is 0 Å². The zero-order chi connectivity index (χ0) is 14.0. The first-order valence-electron chi connectivity index (χ1n) is 6.47. The summed E-state index contributed by atoms with van der Waals surface area (Å²) >= 11 is 3.55. The van der Waals surface area contributed by atoms with Crippen LogP contribution in [0.15, 0.2) is 29.0 Å². The molecule has 0 saturated heterocycles.